The van der Waals surface area contributed by atoms with Crippen molar-refractivity contribution >= 4 is 10.9 Å². The van der Waals surface area contributed by atoms with E-state index in [-0.39, 0.29) is 5.41 Å². The monoisotopic (exact) mass is 246 g/mol. The SMILES string of the molecule is CNCC(C)(C)c1cn(C)c2cc(OC)ccc12. The highest BCUT2D eigenvalue weighted by Crippen LogP contribution is 2.33. The van der Waals surface area contributed by atoms with Crippen molar-refractivity contribution in [1.82, 2.24) is 9.88 Å². The summed E-state index contributed by atoms with van der Waals surface area (Å²) in [5, 5.41) is 4.57. The summed E-state index contributed by atoms with van der Waals surface area (Å²) in [6.07, 6.45) is 2.22. The van der Waals surface area contributed by atoms with Crippen LogP contribution in [0.5, 0.6) is 5.75 Å². The first-order chi connectivity index (χ1) is 8.49. The van der Waals surface area contributed by atoms with E-state index in [9.17, 15) is 0 Å². The number of hydrogen-bond donors (Lipinski definition) is 1. The van der Waals surface area contributed by atoms with Crippen LogP contribution in [-0.4, -0.2) is 25.3 Å². The van der Waals surface area contributed by atoms with E-state index >= 15 is 0 Å². The fourth-order valence-electron chi connectivity index (χ4n) is 2.57. The number of benzene rings is 1. The Hall–Kier alpha value is -1.48. The van der Waals surface area contributed by atoms with E-state index in [2.05, 4.69) is 49.1 Å². The van der Waals surface area contributed by atoms with Crippen molar-refractivity contribution in [3.8, 4) is 5.75 Å². The normalized spacial score (nSPS) is 12.1. The molecule has 1 heterocycles. The van der Waals surface area contributed by atoms with E-state index in [4.69, 9.17) is 4.74 Å². The minimum Gasteiger partial charge on any atom is -0.497 e. The van der Waals surface area contributed by atoms with Gasteiger partial charge in [0.25, 0.3) is 0 Å². The number of fused-ring (bicyclic) bond motifs is 1. The van der Waals surface area contributed by atoms with Crippen molar-refractivity contribution in [2.75, 3.05) is 20.7 Å². The molecule has 18 heavy (non-hydrogen) atoms. The Labute approximate surface area is 109 Å². The third kappa shape index (κ3) is 2.10. The predicted molar refractivity (Wildman–Crippen MR) is 76.4 cm³/mol. The Morgan fingerprint density at radius 1 is 1.33 bits per heavy atom. The van der Waals surface area contributed by atoms with E-state index in [1.165, 1.54) is 16.5 Å². The van der Waals surface area contributed by atoms with Crippen LogP contribution in [0.15, 0.2) is 24.4 Å². The summed E-state index contributed by atoms with van der Waals surface area (Å²) in [4.78, 5) is 0. The van der Waals surface area contributed by atoms with Gasteiger partial charge in [0.2, 0.25) is 0 Å². The zero-order valence-corrected chi connectivity index (χ0v) is 11.9. The van der Waals surface area contributed by atoms with Crippen LogP contribution in [0.1, 0.15) is 19.4 Å². The van der Waals surface area contributed by atoms with Crippen LogP contribution < -0.4 is 10.1 Å². The number of aryl methyl sites for hydroxylation is 1. The molecule has 0 spiro atoms. The molecule has 2 rings (SSSR count). The summed E-state index contributed by atoms with van der Waals surface area (Å²) in [5.41, 5.74) is 2.70. The zero-order chi connectivity index (χ0) is 13.3. The molecule has 0 fully saturated rings. The molecule has 0 saturated carbocycles. The number of hydrogen-bond acceptors (Lipinski definition) is 2. The molecule has 1 N–H and O–H groups in total. The number of methoxy groups -OCH3 is 1. The molecule has 0 bridgehead atoms. The van der Waals surface area contributed by atoms with Crippen LogP contribution in [0.25, 0.3) is 10.9 Å². The lowest BCUT2D eigenvalue weighted by molar-refractivity contribution is 0.415. The minimum atomic E-state index is 0.114. The van der Waals surface area contributed by atoms with Gasteiger partial charge in [-0.2, -0.15) is 0 Å². The van der Waals surface area contributed by atoms with Crippen LogP contribution in [-0.2, 0) is 12.5 Å². The van der Waals surface area contributed by atoms with Gasteiger partial charge in [0, 0.05) is 36.7 Å². The van der Waals surface area contributed by atoms with Crippen LogP contribution in [0, 0.1) is 0 Å². The number of nitrogens with one attached hydrogen (secondary N) is 1. The maximum absolute atomic E-state index is 5.29. The third-order valence-electron chi connectivity index (χ3n) is 3.55. The molecule has 1 aromatic heterocycles. The van der Waals surface area contributed by atoms with E-state index in [0.717, 1.165) is 12.3 Å². The van der Waals surface area contributed by atoms with Gasteiger partial charge >= 0.3 is 0 Å². The minimum absolute atomic E-state index is 0.114. The number of likely N-dealkylation sites (N-methyl/N-ethyl adjacent to an activating group) is 1. The summed E-state index contributed by atoms with van der Waals surface area (Å²) < 4.78 is 7.47. The molecule has 0 saturated heterocycles. The highest BCUT2D eigenvalue weighted by molar-refractivity contribution is 5.86. The molecule has 0 aliphatic heterocycles. The van der Waals surface area contributed by atoms with Gasteiger partial charge in [0.05, 0.1) is 12.6 Å². The van der Waals surface area contributed by atoms with Gasteiger partial charge in [-0.3, -0.25) is 0 Å². The highest BCUT2D eigenvalue weighted by atomic mass is 16.5. The van der Waals surface area contributed by atoms with Crippen LogP contribution in [0.3, 0.4) is 0 Å². The van der Waals surface area contributed by atoms with E-state index in [0.29, 0.717) is 0 Å². The fraction of sp³-hybridized carbons (Fsp3) is 0.467. The second-order valence-electron chi connectivity index (χ2n) is 5.45. The van der Waals surface area contributed by atoms with Crippen molar-refractivity contribution in [1.29, 1.82) is 0 Å². The lowest BCUT2D eigenvalue weighted by Gasteiger charge is -2.24. The Bertz CT molecular complexity index is 555. The Balaban J connectivity index is 2.60. The first kappa shape index (κ1) is 13.0. The first-order valence-corrected chi connectivity index (χ1v) is 6.28. The zero-order valence-electron chi connectivity index (χ0n) is 11.9. The lowest BCUT2D eigenvalue weighted by atomic mass is 9.84. The van der Waals surface area contributed by atoms with Crippen molar-refractivity contribution in [2.45, 2.75) is 19.3 Å². The molecular formula is C15H22N2O. The van der Waals surface area contributed by atoms with Crippen LogP contribution in [0.2, 0.25) is 0 Å². The van der Waals surface area contributed by atoms with Gasteiger partial charge < -0.3 is 14.6 Å². The Kier molecular flexibility index (Phi) is 3.35. The number of rotatable bonds is 4. The topological polar surface area (TPSA) is 26.2 Å². The molecule has 0 atom stereocenters. The van der Waals surface area contributed by atoms with Crippen molar-refractivity contribution in [2.24, 2.45) is 7.05 Å². The average Bonchev–Trinajstić information content (AvgIpc) is 2.67. The number of ether oxygens (including phenoxy) is 1. The molecule has 0 unspecified atom stereocenters. The lowest BCUT2D eigenvalue weighted by Crippen LogP contribution is -2.30. The van der Waals surface area contributed by atoms with Crippen molar-refractivity contribution in [3.05, 3.63) is 30.0 Å². The summed E-state index contributed by atoms with van der Waals surface area (Å²) in [6.45, 7) is 5.49. The second kappa shape index (κ2) is 4.65. The summed E-state index contributed by atoms with van der Waals surface area (Å²) in [5.74, 6) is 0.904. The summed E-state index contributed by atoms with van der Waals surface area (Å²) in [7, 11) is 5.78. The number of nitrogens with zero attached hydrogens (tertiary/aromatic N) is 1. The van der Waals surface area contributed by atoms with Gasteiger partial charge in [-0.15, -0.1) is 0 Å². The van der Waals surface area contributed by atoms with E-state index in [1.54, 1.807) is 7.11 Å². The third-order valence-corrected chi connectivity index (χ3v) is 3.55. The van der Waals surface area contributed by atoms with Gasteiger partial charge in [-0.25, -0.2) is 0 Å². The van der Waals surface area contributed by atoms with Crippen LogP contribution in [0.4, 0.5) is 0 Å². The van der Waals surface area contributed by atoms with Gasteiger partial charge in [-0.05, 0) is 24.7 Å². The Morgan fingerprint density at radius 2 is 2.06 bits per heavy atom. The average molecular weight is 246 g/mol. The van der Waals surface area contributed by atoms with Crippen molar-refractivity contribution in [3.63, 3.8) is 0 Å². The molecule has 1 aromatic carbocycles. The molecule has 98 valence electrons. The summed E-state index contributed by atoms with van der Waals surface area (Å²) in [6, 6.07) is 6.27. The summed E-state index contributed by atoms with van der Waals surface area (Å²) >= 11 is 0. The molecule has 3 heteroatoms. The maximum atomic E-state index is 5.29. The second-order valence-corrected chi connectivity index (χ2v) is 5.45. The molecule has 0 aliphatic carbocycles. The largest absolute Gasteiger partial charge is 0.497 e. The standard InChI is InChI=1S/C15H22N2O/c1-15(2,10-16-3)13-9-17(4)14-8-11(18-5)6-7-12(13)14/h6-9,16H,10H2,1-5H3. The maximum Gasteiger partial charge on any atom is 0.120 e. The molecular weight excluding hydrogens is 224 g/mol. The quantitative estimate of drug-likeness (QED) is 0.897. The van der Waals surface area contributed by atoms with Crippen molar-refractivity contribution < 1.29 is 4.74 Å². The van der Waals surface area contributed by atoms with E-state index in [1.807, 2.05) is 13.1 Å². The fourth-order valence-corrected chi connectivity index (χ4v) is 2.57. The van der Waals surface area contributed by atoms with Gasteiger partial charge in [-0.1, -0.05) is 13.8 Å². The van der Waals surface area contributed by atoms with Crippen LogP contribution >= 0.6 is 0 Å². The molecule has 3 nitrogen and oxygen atoms in total. The molecule has 2 aromatic rings. The first-order valence-electron chi connectivity index (χ1n) is 6.28. The highest BCUT2D eigenvalue weighted by Gasteiger charge is 2.24. The Morgan fingerprint density at radius 3 is 2.67 bits per heavy atom. The number of aromatic nitrogens is 1. The predicted octanol–water partition coefficient (Wildman–Crippen LogP) is 2.68. The smallest absolute Gasteiger partial charge is 0.120 e. The molecule has 0 aliphatic rings. The van der Waals surface area contributed by atoms with Gasteiger partial charge in [0.15, 0.2) is 0 Å². The molecule has 0 amide bonds. The van der Waals surface area contributed by atoms with Gasteiger partial charge in [0.1, 0.15) is 5.75 Å². The van der Waals surface area contributed by atoms with E-state index < -0.39 is 0 Å². The molecule has 0 radical (unpaired) electrons.